The maximum Gasteiger partial charge on any atom is 0.271 e. The molecule has 8 heteroatoms. The Morgan fingerprint density at radius 2 is 2.00 bits per heavy atom. The summed E-state index contributed by atoms with van der Waals surface area (Å²) in [6.45, 7) is 4.09. The van der Waals surface area contributed by atoms with E-state index in [1.165, 1.54) is 10.9 Å². The molecule has 2 heterocycles. The number of carbonyl (C=O) groups is 1. The third-order valence-electron chi connectivity index (χ3n) is 4.42. The van der Waals surface area contributed by atoms with Crippen LogP contribution in [0.2, 0.25) is 0 Å². The average molecular weight is 374 g/mol. The molecule has 1 fully saturated rings. The topological polar surface area (TPSA) is 78.7 Å². The Morgan fingerprint density at radius 1 is 1.19 bits per heavy atom. The first kappa shape index (κ1) is 18.3. The molecular weight excluding hydrogens is 352 g/mol. The number of piperazine rings is 1. The predicted octanol–water partition coefficient (Wildman–Crippen LogP) is 2.14. The number of thiophene rings is 1. The fraction of sp³-hybridized carbons (Fsp3) is 0.389. The van der Waals surface area contributed by atoms with Gasteiger partial charge in [-0.3, -0.25) is 19.8 Å². The second-order valence-electron chi connectivity index (χ2n) is 6.22. The van der Waals surface area contributed by atoms with Gasteiger partial charge in [-0.15, -0.1) is 11.3 Å². The minimum atomic E-state index is -0.375. The molecule has 1 N–H and O–H groups in total. The highest BCUT2D eigenvalue weighted by molar-refractivity contribution is 7.09. The van der Waals surface area contributed by atoms with Crippen LogP contribution >= 0.6 is 11.3 Å². The van der Waals surface area contributed by atoms with Crippen LogP contribution in [0.3, 0.4) is 0 Å². The van der Waals surface area contributed by atoms with E-state index in [1.54, 1.807) is 23.5 Å². The van der Waals surface area contributed by atoms with Crippen molar-refractivity contribution in [1.29, 1.82) is 0 Å². The number of hydrogen-bond donors (Lipinski definition) is 1. The van der Waals surface area contributed by atoms with Gasteiger partial charge in [0.25, 0.3) is 5.69 Å². The van der Waals surface area contributed by atoms with E-state index in [-0.39, 0.29) is 16.5 Å². The van der Waals surface area contributed by atoms with Gasteiger partial charge in [0, 0.05) is 55.4 Å². The molecule has 1 aliphatic heterocycles. The maximum atomic E-state index is 12.1. The van der Waals surface area contributed by atoms with Crippen LogP contribution in [0.5, 0.6) is 0 Å². The van der Waals surface area contributed by atoms with Crippen molar-refractivity contribution in [3.05, 3.63) is 56.8 Å². The smallest absolute Gasteiger partial charge is 0.271 e. The molecule has 0 unspecified atom stereocenters. The molecule has 0 atom stereocenters. The fourth-order valence-electron chi connectivity index (χ4n) is 3.01. The molecule has 2 aromatic rings. The van der Waals surface area contributed by atoms with Gasteiger partial charge in [-0.1, -0.05) is 12.1 Å². The molecule has 138 valence electrons. The van der Waals surface area contributed by atoms with Crippen LogP contribution < -0.4 is 10.2 Å². The standard InChI is InChI=1S/C18H22N4O3S/c23-18(19-7-6-17-5-2-12-26-17)14-20-8-10-21(11-9-20)15-3-1-4-16(13-15)22(24)25/h1-5,12-13H,6-11,14H2,(H,19,23). The van der Waals surface area contributed by atoms with Crippen LogP contribution in [0.15, 0.2) is 41.8 Å². The highest BCUT2D eigenvalue weighted by Gasteiger charge is 2.20. The molecule has 1 aliphatic rings. The molecule has 0 bridgehead atoms. The molecule has 0 spiro atoms. The van der Waals surface area contributed by atoms with Crippen LogP contribution in [0.1, 0.15) is 4.88 Å². The van der Waals surface area contributed by atoms with Crippen LogP contribution in [0, 0.1) is 10.1 Å². The Balaban J connectivity index is 1.41. The highest BCUT2D eigenvalue weighted by atomic mass is 32.1. The van der Waals surface area contributed by atoms with Crippen molar-refractivity contribution in [2.75, 3.05) is 44.2 Å². The number of nitro groups is 1. The van der Waals surface area contributed by atoms with Gasteiger partial charge in [0.05, 0.1) is 11.5 Å². The van der Waals surface area contributed by atoms with Crippen molar-refractivity contribution in [3.8, 4) is 0 Å². The van der Waals surface area contributed by atoms with Gasteiger partial charge in [-0.2, -0.15) is 0 Å². The van der Waals surface area contributed by atoms with Gasteiger partial charge >= 0.3 is 0 Å². The van der Waals surface area contributed by atoms with Crippen LogP contribution in [-0.4, -0.2) is 55.0 Å². The van der Waals surface area contributed by atoms with Gasteiger partial charge in [0.15, 0.2) is 0 Å². The van der Waals surface area contributed by atoms with Gasteiger partial charge in [-0.25, -0.2) is 0 Å². The lowest BCUT2D eigenvalue weighted by Gasteiger charge is -2.35. The Kier molecular flexibility index (Phi) is 6.19. The number of nitrogens with one attached hydrogen (secondary N) is 1. The summed E-state index contributed by atoms with van der Waals surface area (Å²) in [6, 6.07) is 10.8. The molecule has 0 radical (unpaired) electrons. The number of non-ortho nitro benzene ring substituents is 1. The number of nitro benzene ring substituents is 1. The number of nitrogens with zero attached hydrogens (tertiary/aromatic N) is 3. The van der Waals surface area contributed by atoms with Crippen molar-refractivity contribution in [3.63, 3.8) is 0 Å². The van der Waals surface area contributed by atoms with Crippen LogP contribution in [-0.2, 0) is 11.2 Å². The summed E-state index contributed by atoms with van der Waals surface area (Å²) in [6.07, 6.45) is 0.865. The van der Waals surface area contributed by atoms with E-state index < -0.39 is 0 Å². The van der Waals surface area contributed by atoms with Gasteiger partial charge in [-0.05, 0) is 23.9 Å². The Morgan fingerprint density at radius 3 is 2.69 bits per heavy atom. The molecule has 0 saturated carbocycles. The van der Waals surface area contributed by atoms with E-state index in [0.717, 1.165) is 38.3 Å². The molecule has 1 aromatic carbocycles. The second-order valence-corrected chi connectivity index (χ2v) is 7.25. The SMILES string of the molecule is O=C(CN1CCN(c2cccc([N+](=O)[O-])c2)CC1)NCCc1cccs1. The summed E-state index contributed by atoms with van der Waals surface area (Å²) in [5.41, 5.74) is 0.967. The van der Waals surface area contributed by atoms with Gasteiger partial charge in [0.1, 0.15) is 0 Å². The van der Waals surface area contributed by atoms with Gasteiger partial charge in [0.2, 0.25) is 5.91 Å². The van der Waals surface area contributed by atoms with E-state index in [1.807, 2.05) is 17.5 Å². The van der Waals surface area contributed by atoms with Crippen LogP contribution in [0.4, 0.5) is 11.4 Å². The van der Waals surface area contributed by atoms with Crippen molar-refractivity contribution in [2.24, 2.45) is 0 Å². The summed E-state index contributed by atoms with van der Waals surface area (Å²) in [7, 11) is 0. The normalized spacial score (nSPS) is 15.0. The Labute approximate surface area is 156 Å². The van der Waals surface area contributed by atoms with Crippen molar-refractivity contribution in [2.45, 2.75) is 6.42 Å². The quantitative estimate of drug-likeness (QED) is 0.593. The lowest BCUT2D eigenvalue weighted by molar-refractivity contribution is -0.384. The monoisotopic (exact) mass is 374 g/mol. The molecule has 1 aromatic heterocycles. The van der Waals surface area contributed by atoms with E-state index in [9.17, 15) is 14.9 Å². The predicted molar refractivity (Wildman–Crippen MR) is 103 cm³/mol. The lowest BCUT2D eigenvalue weighted by Crippen LogP contribution is -2.49. The third-order valence-corrected chi connectivity index (χ3v) is 5.36. The van der Waals surface area contributed by atoms with Crippen molar-refractivity contribution < 1.29 is 9.72 Å². The molecule has 26 heavy (non-hydrogen) atoms. The van der Waals surface area contributed by atoms with Crippen molar-refractivity contribution in [1.82, 2.24) is 10.2 Å². The Bertz CT molecular complexity index is 743. The van der Waals surface area contributed by atoms with Crippen LogP contribution in [0.25, 0.3) is 0 Å². The average Bonchev–Trinajstić information content (AvgIpc) is 3.16. The summed E-state index contributed by atoms with van der Waals surface area (Å²) < 4.78 is 0. The summed E-state index contributed by atoms with van der Waals surface area (Å²) in [5.74, 6) is 0.0466. The molecule has 1 saturated heterocycles. The number of hydrogen-bond acceptors (Lipinski definition) is 6. The molecule has 7 nitrogen and oxygen atoms in total. The minimum Gasteiger partial charge on any atom is -0.369 e. The summed E-state index contributed by atoms with van der Waals surface area (Å²) in [4.78, 5) is 28.1. The van der Waals surface area contributed by atoms with E-state index in [2.05, 4.69) is 21.2 Å². The fourth-order valence-corrected chi connectivity index (χ4v) is 3.72. The first-order chi connectivity index (χ1) is 12.6. The van der Waals surface area contributed by atoms with E-state index >= 15 is 0 Å². The Hall–Kier alpha value is -2.45. The third kappa shape index (κ3) is 5.03. The highest BCUT2D eigenvalue weighted by Crippen LogP contribution is 2.22. The summed E-state index contributed by atoms with van der Waals surface area (Å²) in [5, 5.41) is 15.9. The molecular formula is C18H22N4O3S. The zero-order valence-electron chi connectivity index (χ0n) is 14.5. The zero-order valence-corrected chi connectivity index (χ0v) is 15.3. The zero-order chi connectivity index (χ0) is 18.4. The lowest BCUT2D eigenvalue weighted by atomic mass is 10.2. The maximum absolute atomic E-state index is 12.1. The minimum absolute atomic E-state index is 0.0466. The number of carbonyl (C=O) groups excluding carboxylic acids is 1. The van der Waals surface area contributed by atoms with E-state index in [4.69, 9.17) is 0 Å². The molecule has 0 aliphatic carbocycles. The molecule has 3 rings (SSSR count). The van der Waals surface area contributed by atoms with Gasteiger partial charge < -0.3 is 10.2 Å². The van der Waals surface area contributed by atoms with E-state index in [0.29, 0.717) is 13.1 Å². The summed E-state index contributed by atoms with van der Waals surface area (Å²) >= 11 is 1.70. The molecule has 1 amide bonds. The first-order valence-electron chi connectivity index (χ1n) is 8.62. The first-order valence-corrected chi connectivity index (χ1v) is 9.50. The second kappa shape index (κ2) is 8.77. The van der Waals surface area contributed by atoms with Crippen molar-refractivity contribution >= 4 is 28.6 Å². The number of amides is 1. The number of anilines is 1. The largest absolute Gasteiger partial charge is 0.369 e. The number of benzene rings is 1. The number of rotatable bonds is 7.